The van der Waals surface area contributed by atoms with Crippen LogP contribution in [0.4, 0.5) is 5.69 Å². The van der Waals surface area contributed by atoms with Gasteiger partial charge in [0.15, 0.2) is 0 Å². The topological polar surface area (TPSA) is 82.7 Å². The van der Waals surface area contributed by atoms with Crippen molar-refractivity contribution in [1.29, 1.82) is 0 Å². The van der Waals surface area contributed by atoms with Gasteiger partial charge >= 0.3 is 0 Å². The molecule has 0 aliphatic rings. The maximum absolute atomic E-state index is 12.0. The zero-order valence-corrected chi connectivity index (χ0v) is 11.7. The van der Waals surface area contributed by atoms with Crippen LogP contribution in [0.25, 0.3) is 0 Å². The second-order valence-electron chi connectivity index (χ2n) is 4.55. The Labute approximate surface area is 118 Å². The van der Waals surface area contributed by atoms with Gasteiger partial charge in [-0.1, -0.05) is 0 Å². The van der Waals surface area contributed by atoms with E-state index in [4.69, 9.17) is 0 Å². The van der Waals surface area contributed by atoms with Gasteiger partial charge < -0.3 is 10.6 Å². The minimum Gasteiger partial charge on any atom is -0.387 e. The third-order valence-corrected chi connectivity index (χ3v) is 3.18. The van der Waals surface area contributed by atoms with Crippen LogP contribution in [0.3, 0.4) is 0 Å². The van der Waals surface area contributed by atoms with E-state index in [0.29, 0.717) is 12.1 Å². The molecule has 0 radical (unpaired) electrons. The number of aromatic amines is 1. The largest absolute Gasteiger partial charge is 0.387 e. The van der Waals surface area contributed by atoms with Gasteiger partial charge in [0.2, 0.25) is 0 Å². The average molecular weight is 273 g/mol. The monoisotopic (exact) mass is 273 g/mol. The number of carbonyl (C=O) groups excluding carboxylic acids is 1. The van der Waals surface area contributed by atoms with E-state index >= 15 is 0 Å². The van der Waals surface area contributed by atoms with Crippen LogP contribution in [0.15, 0.2) is 24.7 Å². The summed E-state index contributed by atoms with van der Waals surface area (Å²) in [5, 5.41) is 12.8. The van der Waals surface area contributed by atoms with E-state index in [-0.39, 0.29) is 5.91 Å². The Kier molecular flexibility index (Phi) is 4.70. The molecule has 2 aromatic heterocycles. The van der Waals surface area contributed by atoms with Crippen LogP contribution in [0.2, 0.25) is 0 Å². The number of aryl methyl sites for hydroxylation is 2. The van der Waals surface area contributed by atoms with Gasteiger partial charge in [-0.25, -0.2) is 0 Å². The lowest BCUT2D eigenvalue weighted by Gasteiger charge is -2.08. The number of hydrogen-bond acceptors (Lipinski definition) is 4. The summed E-state index contributed by atoms with van der Waals surface area (Å²) in [5.41, 5.74) is 3.62. The molecule has 0 atom stereocenters. The number of aromatic nitrogens is 3. The fraction of sp³-hybridized carbons (Fsp3) is 0.357. The van der Waals surface area contributed by atoms with Crippen molar-refractivity contribution in [1.82, 2.24) is 20.5 Å². The van der Waals surface area contributed by atoms with Crippen LogP contribution in [-0.4, -0.2) is 34.7 Å². The van der Waals surface area contributed by atoms with Crippen molar-refractivity contribution in [2.75, 3.05) is 18.9 Å². The minimum atomic E-state index is -0.105. The molecule has 2 heterocycles. The highest BCUT2D eigenvalue weighted by molar-refractivity contribution is 5.99. The first kappa shape index (κ1) is 14.0. The molecule has 3 N–H and O–H groups in total. The van der Waals surface area contributed by atoms with Gasteiger partial charge in [-0.2, -0.15) is 5.10 Å². The summed E-state index contributed by atoms with van der Waals surface area (Å²) in [6.45, 7) is 2.62. The molecule has 0 saturated heterocycles. The molecule has 0 unspecified atom stereocenters. The number of H-pyrrole nitrogens is 1. The van der Waals surface area contributed by atoms with E-state index in [1.165, 1.54) is 5.56 Å². The molecule has 0 aliphatic carbocycles. The van der Waals surface area contributed by atoms with Gasteiger partial charge in [-0.3, -0.25) is 14.9 Å². The van der Waals surface area contributed by atoms with Crippen LogP contribution >= 0.6 is 0 Å². The maximum atomic E-state index is 12.0. The molecule has 0 fully saturated rings. The number of amides is 1. The Bertz CT molecular complexity index is 578. The lowest BCUT2D eigenvalue weighted by molar-refractivity contribution is 0.0953. The zero-order chi connectivity index (χ0) is 14.4. The first-order valence-electron chi connectivity index (χ1n) is 6.61. The average Bonchev–Trinajstić information content (AvgIpc) is 2.88. The Balaban J connectivity index is 1.82. The highest BCUT2D eigenvalue weighted by atomic mass is 16.1. The SMILES string of the molecule is CNc1ccncc1C(=O)NCCCc1cn[nH]c1C. The number of nitrogens with zero attached hydrogens (tertiary/aromatic N) is 2. The van der Waals surface area contributed by atoms with Gasteiger partial charge in [0.25, 0.3) is 5.91 Å². The second-order valence-corrected chi connectivity index (χ2v) is 4.55. The molecule has 2 rings (SSSR count). The summed E-state index contributed by atoms with van der Waals surface area (Å²) in [6.07, 6.45) is 6.83. The van der Waals surface area contributed by atoms with Crippen LogP contribution in [0.5, 0.6) is 0 Å². The Morgan fingerprint density at radius 2 is 2.25 bits per heavy atom. The van der Waals surface area contributed by atoms with Crippen LogP contribution in [0, 0.1) is 6.92 Å². The van der Waals surface area contributed by atoms with Gasteiger partial charge in [0.05, 0.1) is 11.8 Å². The second kappa shape index (κ2) is 6.70. The molecule has 0 saturated carbocycles. The number of anilines is 1. The van der Waals surface area contributed by atoms with E-state index in [2.05, 4.69) is 25.8 Å². The van der Waals surface area contributed by atoms with Crippen molar-refractivity contribution in [3.8, 4) is 0 Å². The predicted octanol–water partition coefficient (Wildman–Crippen LogP) is 1.52. The van der Waals surface area contributed by atoms with Gasteiger partial charge in [0, 0.05) is 37.4 Å². The smallest absolute Gasteiger partial charge is 0.254 e. The van der Waals surface area contributed by atoms with Gasteiger partial charge in [-0.15, -0.1) is 0 Å². The number of rotatable bonds is 6. The molecular formula is C14H19N5O. The van der Waals surface area contributed by atoms with E-state index in [9.17, 15) is 4.79 Å². The fourth-order valence-electron chi connectivity index (χ4n) is 2.00. The molecule has 0 spiro atoms. The van der Waals surface area contributed by atoms with Gasteiger partial charge in [-0.05, 0) is 31.4 Å². The summed E-state index contributed by atoms with van der Waals surface area (Å²) in [4.78, 5) is 16.0. The molecular weight excluding hydrogens is 254 g/mol. The normalized spacial score (nSPS) is 10.3. The standard InChI is InChI=1S/C14H19N5O/c1-10-11(8-18-19-10)4-3-6-17-14(20)12-9-16-7-5-13(12)15-2/h5,7-9H,3-4,6H2,1-2H3,(H,15,16)(H,17,20)(H,18,19). The van der Waals surface area contributed by atoms with E-state index in [1.54, 1.807) is 25.5 Å². The molecule has 0 bridgehead atoms. The van der Waals surface area contributed by atoms with E-state index in [1.807, 2.05) is 13.1 Å². The zero-order valence-electron chi connectivity index (χ0n) is 11.7. The number of carbonyl (C=O) groups is 1. The quantitative estimate of drug-likeness (QED) is 0.697. The molecule has 106 valence electrons. The van der Waals surface area contributed by atoms with Crippen molar-refractivity contribution in [3.05, 3.63) is 41.5 Å². The molecule has 6 nitrogen and oxygen atoms in total. The number of hydrogen-bond donors (Lipinski definition) is 3. The van der Waals surface area contributed by atoms with Crippen molar-refractivity contribution in [2.45, 2.75) is 19.8 Å². The Morgan fingerprint density at radius 1 is 1.40 bits per heavy atom. The first-order chi connectivity index (χ1) is 9.72. The molecule has 2 aromatic rings. The molecule has 6 heteroatoms. The van der Waals surface area contributed by atoms with Crippen molar-refractivity contribution in [2.24, 2.45) is 0 Å². The lowest BCUT2D eigenvalue weighted by atomic mass is 10.1. The van der Waals surface area contributed by atoms with Crippen molar-refractivity contribution >= 4 is 11.6 Å². The van der Waals surface area contributed by atoms with Crippen molar-refractivity contribution < 1.29 is 4.79 Å². The van der Waals surface area contributed by atoms with E-state index < -0.39 is 0 Å². The van der Waals surface area contributed by atoms with Crippen LogP contribution in [0.1, 0.15) is 28.0 Å². The van der Waals surface area contributed by atoms with Crippen LogP contribution < -0.4 is 10.6 Å². The van der Waals surface area contributed by atoms with Crippen molar-refractivity contribution in [3.63, 3.8) is 0 Å². The Morgan fingerprint density at radius 3 is 2.95 bits per heavy atom. The van der Waals surface area contributed by atoms with Gasteiger partial charge in [0.1, 0.15) is 0 Å². The Hall–Kier alpha value is -2.37. The van der Waals surface area contributed by atoms with E-state index in [0.717, 1.165) is 24.2 Å². The molecule has 20 heavy (non-hydrogen) atoms. The highest BCUT2D eigenvalue weighted by Crippen LogP contribution is 2.12. The minimum absolute atomic E-state index is 0.105. The summed E-state index contributed by atoms with van der Waals surface area (Å²) < 4.78 is 0. The maximum Gasteiger partial charge on any atom is 0.254 e. The summed E-state index contributed by atoms with van der Waals surface area (Å²) in [7, 11) is 1.79. The molecule has 0 aliphatic heterocycles. The third kappa shape index (κ3) is 3.34. The number of nitrogens with one attached hydrogen (secondary N) is 3. The highest BCUT2D eigenvalue weighted by Gasteiger charge is 2.10. The molecule has 0 aromatic carbocycles. The summed E-state index contributed by atoms with van der Waals surface area (Å²) >= 11 is 0. The summed E-state index contributed by atoms with van der Waals surface area (Å²) in [5.74, 6) is -0.105. The lowest BCUT2D eigenvalue weighted by Crippen LogP contribution is -2.25. The van der Waals surface area contributed by atoms with Crippen LogP contribution in [-0.2, 0) is 6.42 Å². The third-order valence-electron chi connectivity index (χ3n) is 3.18. The summed E-state index contributed by atoms with van der Waals surface area (Å²) in [6, 6.07) is 1.78. The molecule has 1 amide bonds. The first-order valence-corrected chi connectivity index (χ1v) is 6.61. The predicted molar refractivity (Wildman–Crippen MR) is 77.8 cm³/mol. The fourth-order valence-corrected chi connectivity index (χ4v) is 2.00. The number of pyridine rings is 1.